The topological polar surface area (TPSA) is 9.72 Å². The second kappa shape index (κ2) is 20.5. The summed E-state index contributed by atoms with van der Waals surface area (Å²) in [5, 5.41) is 4.80. The zero-order chi connectivity index (χ0) is 48.8. The summed E-state index contributed by atoms with van der Waals surface area (Å²) in [5.74, 6) is 0.227. The molecule has 0 spiro atoms. The van der Waals surface area contributed by atoms with Crippen molar-refractivity contribution in [3.05, 3.63) is 320 Å². The molecule has 0 aliphatic heterocycles. The van der Waals surface area contributed by atoms with Gasteiger partial charge in [0.1, 0.15) is 0 Å². The number of fused-ring (bicyclic) bond motifs is 2. The van der Waals surface area contributed by atoms with Gasteiger partial charge in [0.15, 0.2) is 0 Å². The predicted molar refractivity (Wildman–Crippen MR) is 309 cm³/mol. The lowest BCUT2D eigenvalue weighted by atomic mass is 9.86. The lowest BCUT2D eigenvalue weighted by molar-refractivity contribution is 0.805. The van der Waals surface area contributed by atoms with Crippen molar-refractivity contribution in [2.24, 2.45) is 0 Å². The Kier molecular flexibility index (Phi) is 12.6. The van der Waals surface area contributed by atoms with Gasteiger partial charge in [-0.25, -0.2) is 0 Å². The van der Waals surface area contributed by atoms with E-state index in [0.717, 1.165) is 68.7 Å². The standard InChI is InChI=1S/C70H53N3/c1-5-19-52(20-6-1)51-68(57-21-7-2-8-22-57)58-39-45-64(46-40-58)72(69-33-17-25-55-23-13-15-31-66(55)69)62-41-35-53(36-42-62)54-37-43-63(44-38-54)73(70-34-18-26-56-24-14-16-32-67(56)70)65-49-47-61(48-50-65)71(59-27-9-3-10-28-59)60-29-11-4-12-30-60/h1-50,68H,51H2. The van der Waals surface area contributed by atoms with Gasteiger partial charge in [0.2, 0.25) is 0 Å². The molecule has 12 aromatic carbocycles. The van der Waals surface area contributed by atoms with Crippen molar-refractivity contribution in [1.82, 2.24) is 0 Å². The fraction of sp³-hybridized carbons (Fsp3) is 0.0286. The molecular weight excluding hydrogens is 883 g/mol. The number of para-hydroxylation sites is 2. The second-order valence-electron chi connectivity index (χ2n) is 18.5. The van der Waals surface area contributed by atoms with Crippen LogP contribution in [0.2, 0.25) is 0 Å². The van der Waals surface area contributed by atoms with E-state index in [1.807, 2.05) is 0 Å². The molecule has 0 saturated heterocycles. The number of nitrogens with zero attached hydrogens (tertiary/aromatic N) is 3. The van der Waals surface area contributed by atoms with E-state index in [2.05, 4.69) is 318 Å². The molecule has 0 fully saturated rings. The van der Waals surface area contributed by atoms with Gasteiger partial charge in [-0.2, -0.15) is 0 Å². The first-order valence-electron chi connectivity index (χ1n) is 25.2. The van der Waals surface area contributed by atoms with Crippen LogP contribution in [0.4, 0.5) is 51.2 Å². The molecule has 0 N–H and O–H groups in total. The van der Waals surface area contributed by atoms with Crippen LogP contribution in [0, 0.1) is 0 Å². The average molecular weight is 936 g/mol. The number of benzene rings is 12. The van der Waals surface area contributed by atoms with Crippen molar-refractivity contribution in [1.29, 1.82) is 0 Å². The molecule has 0 radical (unpaired) electrons. The van der Waals surface area contributed by atoms with E-state index in [1.165, 1.54) is 38.2 Å². The Hall–Kier alpha value is -9.44. The Morgan fingerprint density at radius 3 is 1.00 bits per heavy atom. The minimum Gasteiger partial charge on any atom is -0.311 e. The summed E-state index contributed by atoms with van der Waals surface area (Å²) in [6.45, 7) is 0. The minimum absolute atomic E-state index is 0.227. The smallest absolute Gasteiger partial charge is 0.0540 e. The normalized spacial score (nSPS) is 11.6. The highest BCUT2D eigenvalue weighted by Gasteiger charge is 2.21. The van der Waals surface area contributed by atoms with Crippen LogP contribution < -0.4 is 14.7 Å². The zero-order valence-corrected chi connectivity index (χ0v) is 40.5. The average Bonchev–Trinajstić information content (AvgIpc) is 3.47. The van der Waals surface area contributed by atoms with Crippen molar-refractivity contribution >= 4 is 72.7 Å². The molecule has 1 unspecified atom stereocenters. The van der Waals surface area contributed by atoms with Crippen LogP contribution in [-0.2, 0) is 6.42 Å². The van der Waals surface area contributed by atoms with E-state index < -0.39 is 0 Å². The molecule has 0 amide bonds. The Balaban J connectivity index is 0.883. The van der Waals surface area contributed by atoms with Crippen LogP contribution >= 0.6 is 0 Å². The van der Waals surface area contributed by atoms with Gasteiger partial charge in [-0.15, -0.1) is 0 Å². The van der Waals surface area contributed by atoms with E-state index in [9.17, 15) is 0 Å². The van der Waals surface area contributed by atoms with Crippen LogP contribution in [0.3, 0.4) is 0 Å². The van der Waals surface area contributed by atoms with Crippen LogP contribution in [0.1, 0.15) is 22.6 Å². The van der Waals surface area contributed by atoms with Gasteiger partial charge < -0.3 is 14.7 Å². The molecule has 0 saturated carbocycles. The maximum absolute atomic E-state index is 2.40. The number of rotatable bonds is 14. The number of anilines is 9. The quantitative estimate of drug-likeness (QED) is 0.108. The van der Waals surface area contributed by atoms with E-state index in [1.54, 1.807) is 0 Å². The Morgan fingerprint density at radius 2 is 0.548 bits per heavy atom. The number of hydrogen-bond donors (Lipinski definition) is 0. The second-order valence-corrected chi connectivity index (χ2v) is 18.5. The van der Waals surface area contributed by atoms with Crippen molar-refractivity contribution in [3.8, 4) is 11.1 Å². The Morgan fingerprint density at radius 1 is 0.233 bits per heavy atom. The summed E-state index contributed by atoms with van der Waals surface area (Å²) in [6, 6.07) is 110. The monoisotopic (exact) mass is 935 g/mol. The summed E-state index contributed by atoms with van der Waals surface area (Å²) in [5.41, 5.74) is 16.2. The van der Waals surface area contributed by atoms with E-state index in [-0.39, 0.29) is 5.92 Å². The van der Waals surface area contributed by atoms with Crippen LogP contribution in [0.5, 0.6) is 0 Å². The molecule has 1 atom stereocenters. The first kappa shape index (κ1) is 44.7. The highest BCUT2D eigenvalue weighted by Crippen LogP contribution is 2.44. The fourth-order valence-electron chi connectivity index (χ4n) is 10.4. The summed E-state index contributed by atoms with van der Waals surface area (Å²) >= 11 is 0. The van der Waals surface area contributed by atoms with Crippen LogP contribution in [0.25, 0.3) is 32.7 Å². The van der Waals surface area contributed by atoms with Gasteiger partial charge >= 0.3 is 0 Å². The molecule has 348 valence electrons. The van der Waals surface area contributed by atoms with Crippen LogP contribution in [0.15, 0.2) is 303 Å². The van der Waals surface area contributed by atoms with Crippen molar-refractivity contribution in [2.45, 2.75) is 12.3 Å². The summed E-state index contributed by atoms with van der Waals surface area (Å²) in [4.78, 5) is 7.09. The van der Waals surface area contributed by atoms with Crippen molar-refractivity contribution in [2.75, 3.05) is 14.7 Å². The molecule has 12 aromatic rings. The molecule has 0 aliphatic rings. The third-order valence-corrected chi connectivity index (χ3v) is 14.0. The van der Waals surface area contributed by atoms with Gasteiger partial charge in [0.25, 0.3) is 0 Å². The highest BCUT2D eigenvalue weighted by atomic mass is 15.2. The highest BCUT2D eigenvalue weighted by molar-refractivity contribution is 6.00. The van der Waals surface area contributed by atoms with Crippen molar-refractivity contribution in [3.63, 3.8) is 0 Å². The zero-order valence-electron chi connectivity index (χ0n) is 40.5. The lowest BCUT2D eigenvalue weighted by Gasteiger charge is -2.29. The van der Waals surface area contributed by atoms with Gasteiger partial charge in [0.05, 0.1) is 11.4 Å². The number of hydrogen-bond acceptors (Lipinski definition) is 3. The van der Waals surface area contributed by atoms with Crippen molar-refractivity contribution < 1.29 is 0 Å². The maximum Gasteiger partial charge on any atom is 0.0540 e. The summed E-state index contributed by atoms with van der Waals surface area (Å²) < 4.78 is 0. The van der Waals surface area contributed by atoms with Gasteiger partial charge in [-0.3, -0.25) is 0 Å². The molecule has 0 heterocycles. The van der Waals surface area contributed by atoms with Gasteiger partial charge in [-0.1, -0.05) is 206 Å². The fourth-order valence-corrected chi connectivity index (χ4v) is 10.4. The van der Waals surface area contributed by atoms with E-state index >= 15 is 0 Å². The molecule has 0 aliphatic carbocycles. The Labute approximate surface area is 428 Å². The lowest BCUT2D eigenvalue weighted by Crippen LogP contribution is -2.12. The SMILES string of the molecule is c1ccc(CC(c2ccccc2)c2ccc(N(c3ccc(-c4ccc(N(c5ccc(N(c6ccccc6)c6ccccc6)cc5)c5cccc6ccccc56)cc4)cc3)c3cccc4ccccc34)cc2)cc1. The van der Waals surface area contributed by atoms with E-state index in [4.69, 9.17) is 0 Å². The van der Waals surface area contributed by atoms with E-state index in [0.29, 0.717) is 0 Å². The Bertz CT molecular complexity index is 3680. The first-order valence-corrected chi connectivity index (χ1v) is 25.2. The molecule has 3 nitrogen and oxygen atoms in total. The summed E-state index contributed by atoms with van der Waals surface area (Å²) in [6.07, 6.45) is 0.928. The van der Waals surface area contributed by atoms with Crippen LogP contribution in [-0.4, -0.2) is 0 Å². The van der Waals surface area contributed by atoms with Gasteiger partial charge in [-0.05, 0) is 142 Å². The molecule has 0 bridgehead atoms. The molecule has 0 aromatic heterocycles. The third-order valence-electron chi connectivity index (χ3n) is 14.0. The minimum atomic E-state index is 0.227. The third kappa shape index (κ3) is 9.36. The largest absolute Gasteiger partial charge is 0.311 e. The first-order chi connectivity index (χ1) is 36.2. The molecule has 73 heavy (non-hydrogen) atoms. The molecule has 3 heteroatoms. The maximum atomic E-state index is 2.40. The molecule has 12 rings (SSSR count). The predicted octanol–water partition coefficient (Wildman–Crippen LogP) is 19.4. The summed E-state index contributed by atoms with van der Waals surface area (Å²) in [7, 11) is 0. The molecular formula is C70H53N3. The van der Waals surface area contributed by atoms with Gasteiger partial charge in [0, 0.05) is 56.5 Å².